The van der Waals surface area contributed by atoms with E-state index in [0.717, 1.165) is 37.1 Å². The van der Waals surface area contributed by atoms with Gasteiger partial charge in [0.2, 0.25) is 17.7 Å². The molecule has 1 aliphatic heterocycles. The molecule has 1 saturated carbocycles. The molecule has 7 nitrogen and oxygen atoms in total. The van der Waals surface area contributed by atoms with Crippen LogP contribution >= 0.6 is 0 Å². The first-order valence-corrected chi connectivity index (χ1v) is 8.61. The number of likely N-dealkylation sites (tertiary alicyclic amines) is 1. The van der Waals surface area contributed by atoms with E-state index in [1.54, 1.807) is 7.11 Å². The van der Waals surface area contributed by atoms with E-state index in [2.05, 4.69) is 27.1 Å². The summed E-state index contributed by atoms with van der Waals surface area (Å²) in [5, 5.41) is 12.7. The van der Waals surface area contributed by atoms with Crippen molar-refractivity contribution in [3.05, 3.63) is 23.0 Å². The van der Waals surface area contributed by atoms with Crippen molar-refractivity contribution in [2.75, 3.05) is 20.2 Å². The summed E-state index contributed by atoms with van der Waals surface area (Å²) in [6, 6.07) is 0. The Kier molecular flexibility index (Phi) is 3.63. The molecule has 1 saturated heterocycles. The summed E-state index contributed by atoms with van der Waals surface area (Å²) in [4.78, 5) is 2.51. The zero-order valence-corrected chi connectivity index (χ0v) is 14.9. The largest absolute Gasteiger partial charge is 0.481 e. The lowest BCUT2D eigenvalue weighted by molar-refractivity contribution is 0.158. The molecule has 1 aliphatic carbocycles. The third kappa shape index (κ3) is 2.51. The molecule has 7 heteroatoms. The highest BCUT2D eigenvalue weighted by Crippen LogP contribution is 2.64. The second kappa shape index (κ2) is 5.58. The number of nitrogens with zero attached hydrogens (tertiary/aromatic N) is 5. The van der Waals surface area contributed by atoms with Gasteiger partial charge in [-0.1, -0.05) is 0 Å². The Bertz CT molecular complexity index is 742. The molecular formula is C17H25N5O2. The highest BCUT2D eigenvalue weighted by Gasteiger charge is 2.58. The lowest BCUT2D eigenvalue weighted by Crippen LogP contribution is -2.34. The fourth-order valence-corrected chi connectivity index (χ4v) is 4.20. The fraction of sp³-hybridized carbons (Fsp3) is 0.706. The predicted molar refractivity (Wildman–Crippen MR) is 87.8 cm³/mol. The van der Waals surface area contributed by atoms with Crippen molar-refractivity contribution in [3.8, 4) is 5.88 Å². The number of aromatic nitrogens is 4. The van der Waals surface area contributed by atoms with E-state index in [-0.39, 0.29) is 0 Å². The molecule has 130 valence electrons. The minimum Gasteiger partial charge on any atom is -0.481 e. The van der Waals surface area contributed by atoms with Crippen LogP contribution in [0, 0.1) is 19.3 Å². The van der Waals surface area contributed by atoms with Gasteiger partial charge in [0, 0.05) is 26.4 Å². The Hall–Kier alpha value is -1.89. The molecule has 0 bridgehead atoms. The maximum absolute atomic E-state index is 5.64. The highest BCUT2D eigenvalue weighted by molar-refractivity contribution is 5.31. The fourth-order valence-electron chi connectivity index (χ4n) is 4.20. The Balaban J connectivity index is 1.39. The summed E-state index contributed by atoms with van der Waals surface area (Å²) in [6.07, 6.45) is 3.58. The van der Waals surface area contributed by atoms with Gasteiger partial charge in [-0.3, -0.25) is 4.90 Å². The highest BCUT2D eigenvalue weighted by atomic mass is 16.5. The zero-order chi connectivity index (χ0) is 16.9. The summed E-state index contributed by atoms with van der Waals surface area (Å²) < 4.78 is 13.0. The van der Waals surface area contributed by atoms with Crippen LogP contribution in [0.5, 0.6) is 5.88 Å². The average molecular weight is 331 g/mol. The SMILES string of the molecule is COc1c(CN2CCC3(CC2)CC3c2nnc(C)o2)c(C)nn1C. The van der Waals surface area contributed by atoms with E-state index < -0.39 is 0 Å². The minimum absolute atomic E-state index is 0.392. The molecule has 0 amide bonds. The summed E-state index contributed by atoms with van der Waals surface area (Å²) in [5.74, 6) is 2.85. The summed E-state index contributed by atoms with van der Waals surface area (Å²) >= 11 is 0. The van der Waals surface area contributed by atoms with Gasteiger partial charge >= 0.3 is 0 Å². The molecule has 4 rings (SSSR count). The molecule has 2 fully saturated rings. The van der Waals surface area contributed by atoms with Crippen molar-refractivity contribution < 1.29 is 9.15 Å². The van der Waals surface area contributed by atoms with Gasteiger partial charge in [0.1, 0.15) is 0 Å². The number of rotatable bonds is 4. The van der Waals surface area contributed by atoms with Crippen LogP contribution < -0.4 is 4.74 Å². The van der Waals surface area contributed by atoms with E-state index in [1.165, 1.54) is 24.8 Å². The Labute approximate surface area is 142 Å². The average Bonchev–Trinajstić information content (AvgIpc) is 2.94. The van der Waals surface area contributed by atoms with E-state index in [9.17, 15) is 0 Å². The van der Waals surface area contributed by atoms with E-state index in [0.29, 0.717) is 17.2 Å². The van der Waals surface area contributed by atoms with Gasteiger partial charge in [0.25, 0.3) is 0 Å². The molecule has 2 aromatic heterocycles. The summed E-state index contributed by atoms with van der Waals surface area (Å²) in [5.41, 5.74) is 2.65. The van der Waals surface area contributed by atoms with Crippen LogP contribution in [-0.2, 0) is 13.6 Å². The smallest absolute Gasteiger partial charge is 0.220 e. The molecule has 2 aromatic rings. The Morgan fingerprint density at radius 1 is 1.25 bits per heavy atom. The normalized spacial score (nSPS) is 22.9. The standard InChI is InChI=1S/C17H25N5O2/c1-11-13(16(23-4)21(3)20-11)10-22-7-5-17(6-8-22)9-14(17)15-19-18-12(2)24-15/h14H,5-10H2,1-4H3. The second-order valence-corrected chi connectivity index (χ2v) is 7.25. The Morgan fingerprint density at radius 3 is 2.62 bits per heavy atom. The van der Waals surface area contributed by atoms with Crippen molar-refractivity contribution in [1.29, 1.82) is 0 Å². The molecule has 1 atom stereocenters. The third-order valence-corrected chi connectivity index (χ3v) is 5.75. The summed E-state index contributed by atoms with van der Waals surface area (Å²) in [7, 11) is 3.65. The van der Waals surface area contributed by atoms with Gasteiger partial charge in [0.05, 0.1) is 18.4 Å². The lowest BCUT2D eigenvalue weighted by Gasteiger charge is -2.32. The number of methoxy groups -OCH3 is 1. The molecule has 3 heterocycles. The first kappa shape index (κ1) is 15.6. The van der Waals surface area contributed by atoms with Gasteiger partial charge in [-0.2, -0.15) is 5.10 Å². The van der Waals surface area contributed by atoms with Crippen LogP contribution in [0.1, 0.15) is 48.2 Å². The van der Waals surface area contributed by atoms with Gasteiger partial charge in [-0.25, -0.2) is 4.68 Å². The maximum Gasteiger partial charge on any atom is 0.220 e. The maximum atomic E-state index is 5.64. The van der Waals surface area contributed by atoms with Crippen molar-refractivity contribution in [1.82, 2.24) is 24.9 Å². The van der Waals surface area contributed by atoms with Crippen LogP contribution in [0.2, 0.25) is 0 Å². The van der Waals surface area contributed by atoms with E-state index >= 15 is 0 Å². The van der Waals surface area contributed by atoms with Crippen molar-refractivity contribution >= 4 is 0 Å². The molecule has 1 spiro atoms. The van der Waals surface area contributed by atoms with Crippen molar-refractivity contribution in [2.45, 2.75) is 45.6 Å². The van der Waals surface area contributed by atoms with E-state index in [4.69, 9.17) is 9.15 Å². The van der Waals surface area contributed by atoms with Crippen LogP contribution in [0.3, 0.4) is 0 Å². The lowest BCUT2D eigenvalue weighted by atomic mass is 9.90. The second-order valence-electron chi connectivity index (χ2n) is 7.25. The van der Waals surface area contributed by atoms with Crippen molar-refractivity contribution in [3.63, 3.8) is 0 Å². The summed E-state index contributed by atoms with van der Waals surface area (Å²) in [6.45, 7) is 7.02. The number of ether oxygens (including phenoxy) is 1. The van der Waals surface area contributed by atoms with E-state index in [1.807, 2.05) is 18.7 Å². The molecule has 1 unspecified atom stereocenters. The van der Waals surface area contributed by atoms with Crippen LogP contribution in [-0.4, -0.2) is 45.1 Å². The number of hydrogen-bond acceptors (Lipinski definition) is 6. The number of aryl methyl sites for hydroxylation is 3. The van der Waals surface area contributed by atoms with Gasteiger partial charge in [0.15, 0.2) is 0 Å². The zero-order valence-electron chi connectivity index (χ0n) is 14.9. The first-order chi connectivity index (χ1) is 11.5. The quantitative estimate of drug-likeness (QED) is 0.855. The van der Waals surface area contributed by atoms with Gasteiger partial charge < -0.3 is 9.15 Å². The van der Waals surface area contributed by atoms with Crippen LogP contribution in [0.25, 0.3) is 0 Å². The van der Waals surface area contributed by atoms with Crippen LogP contribution in [0.4, 0.5) is 0 Å². The molecular weight excluding hydrogens is 306 g/mol. The third-order valence-electron chi connectivity index (χ3n) is 5.75. The molecule has 0 N–H and O–H groups in total. The number of piperidine rings is 1. The van der Waals surface area contributed by atoms with Crippen LogP contribution in [0.15, 0.2) is 4.42 Å². The molecule has 0 radical (unpaired) electrons. The Morgan fingerprint density at radius 2 is 2.00 bits per heavy atom. The monoisotopic (exact) mass is 331 g/mol. The minimum atomic E-state index is 0.392. The predicted octanol–water partition coefficient (Wildman–Crippen LogP) is 2.20. The molecule has 24 heavy (non-hydrogen) atoms. The van der Waals surface area contributed by atoms with Gasteiger partial charge in [-0.05, 0) is 44.7 Å². The van der Waals surface area contributed by atoms with Gasteiger partial charge in [-0.15, -0.1) is 10.2 Å². The molecule has 0 aromatic carbocycles. The van der Waals surface area contributed by atoms with Crippen molar-refractivity contribution in [2.24, 2.45) is 12.5 Å². The topological polar surface area (TPSA) is 69.2 Å². The number of hydrogen-bond donors (Lipinski definition) is 0. The first-order valence-electron chi connectivity index (χ1n) is 8.61. The molecule has 2 aliphatic rings.